The van der Waals surface area contributed by atoms with Gasteiger partial charge in [0.1, 0.15) is 5.82 Å². The van der Waals surface area contributed by atoms with Gasteiger partial charge in [0.15, 0.2) is 0 Å². The number of nitrogens with one attached hydrogen (secondary N) is 1. The summed E-state index contributed by atoms with van der Waals surface area (Å²) >= 11 is 0. The molecule has 82 valence electrons. The van der Waals surface area contributed by atoms with Crippen LogP contribution in [-0.4, -0.2) is 29.5 Å². The van der Waals surface area contributed by atoms with Gasteiger partial charge in [0.2, 0.25) is 0 Å². The quantitative estimate of drug-likeness (QED) is 0.826. The molecule has 0 aliphatic rings. The second-order valence-corrected chi connectivity index (χ2v) is 3.57. The second-order valence-electron chi connectivity index (χ2n) is 3.57. The van der Waals surface area contributed by atoms with E-state index in [0.29, 0.717) is 5.82 Å². The summed E-state index contributed by atoms with van der Waals surface area (Å²) in [6.45, 7) is 4.75. The normalized spacial score (nSPS) is 9.80. The number of carbonyl (C=O) groups is 1. The van der Waals surface area contributed by atoms with E-state index in [1.807, 2.05) is 26.0 Å². The van der Waals surface area contributed by atoms with Crippen LogP contribution in [0.4, 0.5) is 10.6 Å². The van der Waals surface area contributed by atoms with Crippen LogP contribution in [0.1, 0.15) is 18.9 Å². The van der Waals surface area contributed by atoms with Crippen molar-refractivity contribution in [3.8, 4) is 0 Å². The predicted molar refractivity (Wildman–Crippen MR) is 60.9 cm³/mol. The molecular weight excluding hydrogens is 190 g/mol. The third kappa shape index (κ3) is 3.58. The van der Waals surface area contributed by atoms with E-state index in [4.69, 9.17) is 0 Å². The Labute approximate surface area is 90.3 Å². The number of rotatable bonds is 3. The van der Waals surface area contributed by atoms with Gasteiger partial charge in [0.25, 0.3) is 0 Å². The van der Waals surface area contributed by atoms with Crippen LogP contribution in [-0.2, 0) is 0 Å². The average Bonchev–Trinajstić information content (AvgIpc) is 2.18. The van der Waals surface area contributed by atoms with Crippen LogP contribution in [0.2, 0.25) is 0 Å². The number of carbonyl (C=O) groups excluding carboxylic acids is 1. The molecule has 0 bridgehead atoms. The Balaban J connectivity index is 2.58. The minimum absolute atomic E-state index is 0.116. The maximum Gasteiger partial charge on any atom is 0.322 e. The van der Waals surface area contributed by atoms with Crippen molar-refractivity contribution in [3.05, 3.63) is 23.9 Å². The molecule has 0 saturated heterocycles. The molecular formula is C11H17N3O. The van der Waals surface area contributed by atoms with Crippen molar-refractivity contribution in [3.63, 3.8) is 0 Å². The first kappa shape index (κ1) is 11.5. The number of hydrogen-bond donors (Lipinski definition) is 1. The van der Waals surface area contributed by atoms with Crippen molar-refractivity contribution in [1.29, 1.82) is 0 Å². The monoisotopic (exact) mass is 207 g/mol. The van der Waals surface area contributed by atoms with E-state index in [1.165, 1.54) is 0 Å². The molecule has 0 unspecified atom stereocenters. The summed E-state index contributed by atoms with van der Waals surface area (Å²) in [5.41, 5.74) is 1.08. The van der Waals surface area contributed by atoms with Crippen molar-refractivity contribution >= 4 is 11.8 Å². The van der Waals surface area contributed by atoms with Crippen molar-refractivity contribution < 1.29 is 4.79 Å². The molecule has 4 heteroatoms. The van der Waals surface area contributed by atoms with Crippen molar-refractivity contribution in [2.24, 2.45) is 0 Å². The number of aryl methyl sites for hydroxylation is 1. The molecule has 1 N–H and O–H groups in total. The fraction of sp³-hybridized carbons (Fsp3) is 0.455. The van der Waals surface area contributed by atoms with Gasteiger partial charge >= 0.3 is 6.03 Å². The van der Waals surface area contributed by atoms with Gasteiger partial charge in [0.05, 0.1) is 0 Å². The molecule has 0 radical (unpaired) electrons. The first-order valence-corrected chi connectivity index (χ1v) is 5.08. The summed E-state index contributed by atoms with van der Waals surface area (Å²) < 4.78 is 0. The van der Waals surface area contributed by atoms with Gasteiger partial charge < -0.3 is 4.90 Å². The SMILES string of the molecule is CCCN(C)C(=O)Nc1cc(C)ccn1. The molecule has 1 aromatic rings. The smallest absolute Gasteiger partial charge is 0.322 e. The van der Waals surface area contributed by atoms with E-state index in [9.17, 15) is 4.79 Å². The molecule has 0 fully saturated rings. The molecule has 0 atom stereocenters. The molecule has 1 aromatic heterocycles. The lowest BCUT2D eigenvalue weighted by Crippen LogP contribution is -2.32. The van der Waals surface area contributed by atoms with Crippen LogP contribution in [0.15, 0.2) is 18.3 Å². The van der Waals surface area contributed by atoms with Crippen molar-refractivity contribution in [2.45, 2.75) is 20.3 Å². The van der Waals surface area contributed by atoms with Crippen LogP contribution in [0.25, 0.3) is 0 Å². The number of anilines is 1. The Morgan fingerprint density at radius 2 is 2.33 bits per heavy atom. The van der Waals surface area contributed by atoms with E-state index in [2.05, 4.69) is 10.3 Å². The lowest BCUT2D eigenvalue weighted by Gasteiger charge is -2.16. The zero-order valence-corrected chi connectivity index (χ0v) is 9.45. The van der Waals surface area contributed by atoms with Crippen LogP contribution in [0.5, 0.6) is 0 Å². The molecule has 1 heterocycles. The number of urea groups is 1. The largest absolute Gasteiger partial charge is 0.328 e. The van der Waals surface area contributed by atoms with E-state index in [0.717, 1.165) is 18.5 Å². The lowest BCUT2D eigenvalue weighted by atomic mass is 10.3. The predicted octanol–water partition coefficient (Wildman–Crippen LogP) is 2.26. The third-order valence-electron chi connectivity index (χ3n) is 2.06. The molecule has 2 amide bonds. The highest BCUT2D eigenvalue weighted by molar-refractivity contribution is 5.88. The highest BCUT2D eigenvalue weighted by Gasteiger charge is 2.07. The van der Waals surface area contributed by atoms with Crippen LogP contribution in [0.3, 0.4) is 0 Å². The number of hydrogen-bond acceptors (Lipinski definition) is 2. The van der Waals surface area contributed by atoms with Gasteiger partial charge in [-0.2, -0.15) is 0 Å². The van der Waals surface area contributed by atoms with Crippen LogP contribution >= 0.6 is 0 Å². The Morgan fingerprint density at radius 3 is 2.93 bits per heavy atom. The Morgan fingerprint density at radius 1 is 1.60 bits per heavy atom. The van der Waals surface area contributed by atoms with Gasteiger partial charge in [-0.15, -0.1) is 0 Å². The van der Waals surface area contributed by atoms with E-state index in [1.54, 1.807) is 18.1 Å². The Bertz CT molecular complexity index is 338. The zero-order chi connectivity index (χ0) is 11.3. The zero-order valence-electron chi connectivity index (χ0n) is 9.45. The second kappa shape index (κ2) is 5.34. The Kier molecular flexibility index (Phi) is 4.09. The van der Waals surface area contributed by atoms with E-state index < -0.39 is 0 Å². The fourth-order valence-corrected chi connectivity index (χ4v) is 1.25. The van der Waals surface area contributed by atoms with Gasteiger partial charge in [0, 0.05) is 19.8 Å². The van der Waals surface area contributed by atoms with E-state index in [-0.39, 0.29) is 6.03 Å². The fourth-order valence-electron chi connectivity index (χ4n) is 1.25. The van der Waals surface area contributed by atoms with Crippen LogP contribution < -0.4 is 5.32 Å². The average molecular weight is 207 g/mol. The molecule has 15 heavy (non-hydrogen) atoms. The molecule has 0 aromatic carbocycles. The van der Waals surface area contributed by atoms with Crippen molar-refractivity contribution in [1.82, 2.24) is 9.88 Å². The number of pyridine rings is 1. The Hall–Kier alpha value is -1.58. The first-order chi connectivity index (χ1) is 7.13. The van der Waals surface area contributed by atoms with Crippen LogP contribution in [0, 0.1) is 6.92 Å². The summed E-state index contributed by atoms with van der Waals surface area (Å²) in [5.74, 6) is 0.600. The number of nitrogens with zero attached hydrogens (tertiary/aromatic N) is 2. The van der Waals surface area contributed by atoms with Gasteiger partial charge in [-0.1, -0.05) is 6.92 Å². The number of aromatic nitrogens is 1. The maximum atomic E-state index is 11.6. The molecule has 0 spiro atoms. The third-order valence-corrected chi connectivity index (χ3v) is 2.06. The standard InChI is InChI=1S/C11H17N3O/c1-4-7-14(3)11(15)13-10-8-9(2)5-6-12-10/h5-6,8H,4,7H2,1-3H3,(H,12,13,15). The summed E-state index contributed by atoms with van der Waals surface area (Å²) in [4.78, 5) is 17.3. The van der Waals surface area contributed by atoms with Gasteiger partial charge in [-0.05, 0) is 31.0 Å². The molecule has 0 saturated carbocycles. The molecule has 0 aliphatic carbocycles. The molecule has 1 rings (SSSR count). The summed E-state index contributed by atoms with van der Waals surface area (Å²) in [6.07, 6.45) is 2.63. The minimum atomic E-state index is -0.116. The van der Waals surface area contributed by atoms with Gasteiger partial charge in [-0.3, -0.25) is 5.32 Å². The maximum absolute atomic E-state index is 11.6. The minimum Gasteiger partial charge on any atom is -0.328 e. The highest BCUT2D eigenvalue weighted by Crippen LogP contribution is 2.06. The topological polar surface area (TPSA) is 45.2 Å². The van der Waals surface area contributed by atoms with Gasteiger partial charge in [-0.25, -0.2) is 9.78 Å². The highest BCUT2D eigenvalue weighted by atomic mass is 16.2. The molecule has 4 nitrogen and oxygen atoms in total. The summed E-state index contributed by atoms with van der Waals surface area (Å²) in [7, 11) is 1.77. The molecule has 0 aliphatic heterocycles. The lowest BCUT2D eigenvalue weighted by molar-refractivity contribution is 0.222. The van der Waals surface area contributed by atoms with E-state index >= 15 is 0 Å². The van der Waals surface area contributed by atoms with Crippen molar-refractivity contribution in [2.75, 3.05) is 18.9 Å². The summed E-state index contributed by atoms with van der Waals surface area (Å²) in [6, 6.07) is 3.62. The first-order valence-electron chi connectivity index (χ1n) is 5.08. The number of amides is 2. The summed E-state index contributed by atoms with van der Waals surface area (Å²) in [5, 5.41) is 2.74.